The molecule has 1 aliphatic rings. The van der Waals surface area contributed by atoms with E-state index >= 15 is 0 Å². The Labute approximate surface area is 159 Å². The lowest BCUT2D eigenvalue weighted by atomic mass is 9.99. The van der Waals surface area contributed by atoms with Gasteiger partial charge in [-0.1, -0.05) is 18.2 Å². The lowest BCUT2D eigenvalue weighted by Gasteiger charge is -2.28. The Kier molecular flexibility index (Phi) is 4.58. The average molecular weight is 389 g/mol. The van der Waals surface area contributed by atoms with Crippen LogP contribution in [0, 0.1) is 6.92 Å². The zero-order valence-electron chi connectivity index (χ0n) is 15.2. The molecular formula is C20H18F3N3O2. The van der Waals surface area contributed by atoms with Gasteiger partial charge in [0.1, 0.15) is 11.5 Å². The third-order valence-electron chi connectivity index (χ3n) is 4.74. The topological polar surface area (TPSA) is 46.8 Å². The Morgan fingerprint density at radius 1 is 1.07 bits per heavy atom. The minimum Gasteiger partial charge on any atom is -0.378 e. The summed E-state index contributed by atoms with van der Waals surface area (Å²) in [6.45, 7) is 3.91. The molecule has 3 heterocycles. The summed E-state index contributed by atoms with van der Waals surface area (Å²) >= 11 is 0. The van der Waals surface area contributed by atoms with Crippen molar-refractivity contribution in [2.24, 2.45) is 0 Å². The van der Waals surface area contributed by atoms with Crippen LogP contribution < -0.4 is 10.5 Å². The Morgan fingerprint density at radius 2 is 1.79 bits per heavy atom. The second kappa shape index (κ2) is 6.94. The molecule has 8 heteroatoms. The molecule has 4 rings (SSSR count). The minimum atomic E-state index is -4.51. The van der Waals surface area contributed by atoms with Crippen molar-refractivity contribution in [3.8, 4) is 11.1 Å². The van der Waals surface area contributed by atoms with Crippen LogP contribution in [0.5, 0.6) is 0 Å². The zero-order chi connectivity index (χ0) is 19.9. The fourth-order valence-corrected chi connectivity index (χ4v) is 3.44. The number of morpholine rings is 1. The van der Waals surface area contributed by atoms with Crippen molar-refractivity contribution in [2.75, 3.05) is 31.2 Å². The van der Waals surface area contributed by atoms with E-state index in [4.69, 9.17) is 4.74 Å². The summed E-state index contributed by atoms with van der Waals surface area (Å²) in [5.41, 5.74) is 0.0654. The van der Waals surface area contributed by atoms with Gasteiger partial charge in [-0.25, -0.2) is 4.98 Å². The van der Waals surface area contributed by atoms with Crippen LogP contribution in [0.1, 0.15) is 11.1 Å². The van der Waals surface area contributed by atoms with E-state index in [9.17, 15) is 18.0 Å². The van der Waals surface area contributed by atoms with Crippen LogP contribution >= 0.6 is 0 Å². The largest absolute Gasteiger partial charge is 0.417 e. The van der Waals surface area contributed by atoms with Gasteiger partial charge in [0.15, 0.2) is 0 Å². The lowest BCUT2D eigenvalue weighted by molar-refractivity contribution is -0.137. The quantitative estimate of drug-likeness (QED) is 0.673. The second-order valence-corrected chi connectivity index (χ2v) is 6.72. The molecule has 0 aliphatic carbocycles. The number of rotatable bonds is 2. The van der Waals surface area contributed by atoms with Gasteiger partial charge < -0.3 is 9.64 Å². The van der Waals surface area contributed by atoms with Crippen molar-refractivity contribution in [3.05, 3.63) is 64.1 Å². The van der Waals surface area contributed by atoms with Gasteiger partial charge in [0.25, 0.3) is 5.56 Å². The Morgan fingerprint density at radius 3 is 2.50 bits per heavy atom. The van der Waals surface area contributed by atoms with Gasteiger partial charge >= 0.3 is 6.18 Å². The molecule has 0 bridgehead atoms. The maximum absolute atomic E-state index is 13.6. The van der Waals surface area contributed by atoms with E-state index in [2.05, 4.69) is 4.98 Å². The Balaban J connectivity index is 1.99. The monoisotopic (exact) mass is 389 g/mol. The number of hydrogen-bond acceptors (Lipinski definition) is 4. The molecule has 1 saturated heterocycles. The van der Waals surface area contributed by atoms with Crippen LogP contribution in [0.25, 0.3) is 16.8 Å². The first-order valence-corrected chi connectivity index (χ1v) is 8.88. The predicted octanol–water partition coefficient (Wildman–Crippen LogP) is 3.53. The highest BCUT2D eigenvalue weighted by atomic mass is 19.4. The van der Waals surface area contributed by atoms with E-state index in [1.165, 1.54) is 22.6 Å². The molecule has 0 atom stereocenters. The molecule has 2 aromatic heterocycles. The van der Waals surface area contributed by atoms with Crippen molar-refractivity contribution in [2.45, 2.75) is 13.1 Å². The zero-order valence-corrected chi connectivity index (χ0v) is 15.2. The van der Waals surface area contributed by atoms with Crippen LogP contribution in [0.4, 0.5) is 19.0 Å². The van der Waals surface area contributed by atoms with Crippen molar-refractivity contribution < 1.29 is 17.9 Å². The highest BCUT2D eigenvalue weighted by Gasteiger charge is 2.34. The Hall–Kier alpha value is -2.87. The molecule has 1 aromatic carbocycles. The molecule has 0 saturated carbocycles. The number of pyridine rings is 1. The van der Waals surface area contributed by atoms with Crippen LogP contribution in [0.2, 0.25) is 0 Å². The molecule has 0 unspecified atom stereocenters. The van der Waals surface area contributed by atoms with Crippen LogP contribution in [-0.2, 0) is 10.9 Å². The minimum absolute atomic E-state index is 0.00206. The molecule has 146 valence electrons. The number of anilines is 1. The fourth-order valence-electron chi connectivity index (χ4n) is 3.44. The van der Waals surface area contributed by atoms with E-state index in [1.807, 2.05) is 4.90 Å². The van der Waals surface area contributed by atoms with Gasteiger partial charge in [0.2, 0.25) is 0 Å². The molecule has 0 radical (unpaired) electrons. The summed E-state index contributed by atoms with van der Waals surface area (Å²) in [5.74, 6) is 0.447. The van der Waals surface area contributed by atoms with Crippen molar-refractivity contribution in [1.29, 1.82) is 0 Å². The third-order valence-corrected chi connectivity index (χ3v) is 4.74. The van der Waals surface area contributed by atoms with E-state index in [0.29, 0.717) is 37.7 Å². The van der Waals surface area contributed by atoms with Crippen LogP contribution in [0.15, 0.2) is 47.4 Å². The van der Waals surface area contributed by atoms with E-state index in [-0.39, 0.29) is 22.3 Å². The number of aromatic nitrogens is 2. The molecule has 0 N–H and O–H groups in total. The molecule has 3 aromatic rings. The third kappa shape index (κ3) is 3.35. The molecule has 0 amide bonds. The SMILES string of the molecule is Cc1cc(-c2ccccc2C(F)(F)F)c2nc(N3CCOCC3)cc(=O)n2c1. The maximum atomic E-state index is 13.6. The van der Waals surface area contributed by atoms with Crippen molar-refractivity contribution >= 4 is 11.5 Å². The summed E-state index contributed by atoms with van der Waals surface area (Å²) < 4.78 is 47.3. The summed E-state index contributed by atoms with van der Waals surface area (Å²) in [4.78, 5) is 19.2. The van der Waals surface area contributed by atoms with Crippen LogP contribution in [0.3, 0.4) is 0 Å². The smallest absolute Gasteiger partial charge is 0.378 e. The number of hydrogen-bond donors (Lipinski definition) is 0. The molecule has 1 aliphatic heterocycles. The first-order valence-electron chi connectivity index (χ1n) is 8.88. The Bertz CT molecular complexity index is 1090. The highest BCUT2D eigenvalue weighted by molar-refractivity contribution is 5.81. The fraction of sp³-hybridized carbons (Fsp3) is 0.300. The molecule has 1 fully saturated rings. The molecule has 0 spiro atoms. The van der Waals surface area contributed by atoms with Gasteiger partial charge in [-0.15, -0.1) is 0 Å². The van der Waals surface area contributed by atoms with E-state index in [1.54, 1.807) is 25.3 Å². The predicted molar refractivity (Wildman–Crippen MR) is 99.7 cm³/mol. The lowest BCUT2D eigenvalue weighted by Crippen LogP contribution is -2.37. The first-order chi connectivity index (χ1) is 13.3. The number of halogens is 3. The number of ether oxygens (including phenoxy) is 1. The summed E-state index contributed by atoms with van der Waals surface area (Å²) in [5, 5.41) is 0. The molecular weight excluding hydrogens is 371 g/mol. The van der Waals surface area contributed by atoms with E-state index in [0.717, 1.165) is 6.07 Å². The van der Waals surface area contributed by atoms with Gasteiger partial charge in [-0.2, -0.15) is 13.2 Å². The second-order valence-electron chi connectivity index (χ2n) is 6.72. The number of fused-ring (bicyclic) bond motifs is 1. The van der Waals surface area contributed by atoms with Crippen LogP contribution in [-0.4, -0.2) is 35.7 Å². The van der Waals surface area contributed by atoms with Gasteiger partial charge in [0.05, 0.1) is 18.8 Å². The summed E-state index contributed by atoms with van der Waals surface area (Å²) in [6, 6.07) is 8.40. The van der Waals surface area contributed by atoms with Crippen molar-refractivity contribution in [3.63, 3.8) is 0 Å². The van der Waals surface area contributed by atoms with Gasteiger partial charge in [-0.3, -0.25) is 9.20 Å². The maximum Gasteiger partial charge on any atom is 0.417 e. The summed E-state index contributed by atoms with van der Waals surface area (Å²) in [7, 11) is 0. The number of nitrogens with zero attached hydrogens (tertiary/aromatic N) is 3. The molecule has 5 nitrogen and oxygen atoms in total. The first kappa shape index (κ1) is 18.5. The number of benzene rings is 1. The number of aryl methyl sites for hydroxylation is 1. The van der Waals surface area contributed by atoms with Gasteiger partial charge in [0, 0.05) is 30.9 Å². The normalized spacial score (nSPS) is 15.2. The van der Waals surface area contributed by atoms with Crippen molar-refractivity contribution in [1.82, 2.24) is 9.38 Å². The summed E-state index contributed by atoms with van der Waals surface area (Å²) in [6.07, 6.45) is -2.92. The highest BCUT2D eigenvalue weighted by Crippen LogP contribution is 2.38. The van der Waals surface area contributed by atoms with Gasteiger partial charge in [-0.05, 0) is 30.2 Å². The molecule has 28 heavy (non-hydrogen) atoms. The average Bonchev–Trinajstić information content (AvgIpc) is 2.68. The number of alkyl halides is 3. The standard InChI is InChI=1S/C20H18F3N3O2/c1-13-10-15(14-4-2-3-5-16(14)20(21,22)23)19-24-17(11-18(27)26(19)12-13)25-6-8-28-9-7-25/h2-5,10-12H,6-9H2,1H3. The van der Waals surface area contributed by atoms with E-state index < -0.39 is 11.7 Å².